The second kappa shape index (κ2) is 5.43. The molecule has 0 aromatic carbocycles. The third-order valence-corrected chi connectivity index (χ3v) is 3.21. The van der Waals surface area contributed by atoms with Crippen LogP contribution in [0.3, 0.4) is 0 Å². The maximum Gasteiger partial charge on any atom is 0.124 e. The molecule has 0 nitrogen and oxygen atoms in total. The second-order valence-electron chi connectivity index (χ2n) is 4.37. The summed E-state index contributed by atoms with van der Waals surface area (Å²) >= 11 is 0. The minimum Gasteiger partial charge on any atom is -0.246 e. The van der Waals surface area contributed by atoms with E-state index < -0.39 is 6.67 Å². The van der Waals surface area contributed by atoms with Crippen molar-refractivity contribution in [3.8, 4) is 0 Å². The van der Waals surface area contributed by atoms with Crippen molar-refractivity contribution in [2.24, 2.45) is 11.8 Å². The lowest BCUT2D eigenvalue weighted by atomic mass is 9.90. The summed E-state index contributed by atoms with van der Waals surface area (Å²) < 4.78 is 25.5. The molecular formula is C13H20F2. The van der Waals surface area contributed by atoms with Gasteiger partial charge in [0.25, 0.3) is 0 Å². The number of allylic oxidation sites excluding steroid dienone is 4. The van der Waals surface area contributed by atoms with Crippen LogP contribution < -0.4 is 0 Å². The van der Waals surface area contributed by atoms with Gasteiger partial charge in [-0.15, -0.1) is 0 Å². The Morgan fingerprint density at radius 2 is 2.07 bits per heavy atom. The van der Waals surface area contributed by atoms with Crippen molar-refractivity contribution in [1.82, 2.24) is 0 Å². The number of halogens is 2. The molecule has 1 unspecified atom stereocenters. The molecule has 1 aliphatic carbocycles. The van der Waals surface area contributed by atoms with Crippen LogP contribution in [0.2, 0.25) is 0 Å². The SMILES string of the molecule is CCC(C)C(=C(C)C(F)=CCF)C1CC1. The molecule has 0 amide bonds. The van der Waals surface area contributed by atoms with Gasteiger partial charge in [0.1, 0.15) is 12.5 Å². The largest absolute Gasteiger partial charge is 0.246 e. The molecule has 0 aromatic rings. The van der Waals surface area contributed by atoms with Crippen molar-refractivity contribution < 1.29 is 8.78 Å². The van der Waals surface area contributed by atoms with E-state index >= 15 is 0 Å². The molecule has 0 aliphatic heterocycles. The number of alkyl halides is 1. The van der Waals surface area contributed by atoms with Crippen LogP contribution in [-0.2, 0) is 0 Å². The van der Waals surface area contributed by atoms with Gasteiger partial charge in [0.2, 0.25) is 0 Å². The predicted octanol–water partition coefficient (Wildman–Crippen LogP) is 4.58. The summed E-state index contributed by atoms with van der Waals surface area (Å²) in [6.45, 7) is 5.29. The maximum atomic E-state index is 13.5. The topological polar surface area (TPSA) is 0 Å². The van der Waals surface area contributed by atoms with E-state index in [1.165, 1.54) is 18.4 Å². The van der Waals surface area contributed by atoms with E-state index in [9.17, 15) is 8.78 Å². The van der Waals surface area contributed by atoms with Crippen molar-refractivity contribution in [2.45, 2.75) is 40.0 Å². The summed E-state index contributed by atoms with van der Waals surface area (Å²) in [5.74, 6) is 0.592. The van der Waals surface area contributed by atoms with Gasteiger partial charge in [-0.3, -0.25) is 0 Å². The van der Waals surface area contributed by atoms with Crippen LogP contribution in [0.25, 0.3) is 0 Å². The zero-order valence-electron chi connectivity index (χ0n) is 9.82. The maximum absolute atomic E-state index is 13.5. The molecule has 86 valence electrons. The molecule has 0 saturated heterocycles. The molecule has 0 bridgehead atoms. The first-order chi connectivity index (χ1) is 7.11. The first-order valence-corrected chi connectivity index (χ1v) is 5.74. The molecule has 0 spiro atoms. The van der Waals surface area contributed by atoms with E-state index in [1.807, 2.05) is 0 Å². The van der Waals surface area contributed by atoms with Crippen molar-refractivity contribution >= 4 is 0 Å². The van der Waals surface area contributed by atoms with Crippen molar-refractivity contribution in [3.63, 3.8) is 0 Å². The highest BCUT2D eigenvalue weighted by Crippen LogP contribution is 2.43. The fourth-order valence-electron chi connectivity index (χ4n) is 2.05. The molecule has 0 N–H and O–H groups in total. The fraction of sp³-hybridized carbons (Fsp3) is 0.692. The van der Waals surface area contributed by atoms with Gasteiger partial charge in [-0.05, 0) is 49.7 Å². The van der Waals surface area contributed by atoms with E-state index in [-0.39, 0.29) is 5.83 Å². The predicted molar refractivity (Wildman–Crippen MR) is 60.0 cm³/mol. The van der Waals surface area contributed by atoms with Crippen molar-refractivity contribution in [1.29, 1.82) is 0 Å². The van der Waals surface area contributed by atoms with Gasteiger partial charge in [0.15, 0.2) is 0 Å². The summed E-state index contributed by atoms with van der Waals surface area (Å²) in [7, 11) is 0. The Morgan fingerprint density at radius 3 is 2.47 bits per heavy atom. The van der Waals surface area contributed by atoms with Gasteiger partial charge in [-0.2, -0.15) is 0 Å². The second-order valence-corrected chi connectivity index (χ2v) is 4.37. The summed E-state index contributed by atoms with van der Waals surface area (Å²) in [6.07, 6.45) is 4.38. The lowest BCUT2D eigenvalue weighted by molar-refractivity contribution is 0.540. The molecule has 1 aliphatic rings. The minimum absolute atomic E-state index is 0.375. The van der Waals surface area contributed by atoms with Crippen LogP contribution >= 0.6 is 0 Å². The molecule has 0 heterocycles. The summed E-state index contributed by atoms with van der Waals surface area (Å²) in [6, 6.07) is 0. The molecule has 1 saturated carbocycles. The summed E-state index contributed by atoms with van der Waals surface area (Å²) in [4.78, 5) is 0. The van der Waals surface area contributed by atoms with Crippen LogP contribution in [0, 0.1) is 11.8 Å². The Balaban J connectivity index is 2.93. The lowest BCUT2D eigenvalue weighted by Crippen LogP contribution is -2.04. The Morgan fingerprint density at radius 1 is 1.47 bits per heavy atom. The Labute approximate surface area is 91.1 Å². The van der Waals surface area contributed by atoms with E-state index in [0.29, 0.717) is 17.4 Å². The third kappa shape index (κ3) is 3.15. The first-order valence-electron chi connectivity index (χ1n) is 5.74. The van der Waals surface area contributed by atoms with Crippen molar-refractivity contribution in [2.75, 3.05) is 6.67 Å². The fourth-order valence-corrected chi connectivity index (χ4v) is 2.05. The quantitative estimate of drug-likeness (QED) is 0.587. The third-order valence-electron chi connectivity index (χ3n) is 3.21. The van der Waals surface area contributed by atoms with Gasteiger partial charge in [0.05, 0.1) is 0 Å². The Kier molecular flexibility index (Phi) is 4.49. The molecule has 1 atom stereocenters. The molecule has 0 radical (unpaired) electrons. The molecule has 1 rings (SSSR count). The van der Waals surface area contributed by atoms with Gasteiger partial charge in [-0.1, -0.05) is 19.4 Å². The van der Waals surface area contributed by atoms with Crippen LogP contribution in [0.1, 0.15) is 40.0 Å². The highest BCUT2D eigenvalue weighted by molar-refractivity contribution is 5.33. The van der Waals surface area contributed by atoms with Gasteiger partial charge < -0.3 is 0 Å². The van der Waals surface area contributed by atoms with E-state index in [4.69, 9.17) is 0 Å². The van der Waals surface area contributed by atoms with Crippen molar-refractivity contribution in [3.05, 3.63) is 23.0 Å². The average Bonchev–Trinajstić information content (AvgIpc) is 3.02. The van der Waals surface area contributed by atoms with E-state index in [0.717, 1.165) is 12.5 Å². The number of rotatable bonds is 5. The molecule has 15 heavy (non-hydrogen) atoms. The van der Waals surface area contributed by atoms with Crippen LogP contribution in [0.15, 0.2) is 23.0 Å². The molecule has 2 heteroatoms. The first kappa shape index (κ1) is 12.4. The molecule has 1 fully saturated rings. The average molecular weight is 214 g/mol. The summed E-state index contributed by atoms with van der Waals surface area (Å²) in [5, 5.41) is 0. The minimum atomic E-state index is -0.721. The highest BCUT2D eigenvalue weighted by atomic mass is 19.1. The monoisotopic (exact) mass is 214 g/mol. The zero-order chi connectivity index (χ0) is 11.4. The highest BCUT2D eigenvalue weighted by Gasteiger charge is 2.30. The van der Waals surface area contributed by atoms with Crippen LogP contribution in [0.5, 0.6) is 0 Å². The zero-order valence-corrected chi connectivity index (χ0v) is 9.82. The summed E-state index contributed by atoms with van der Waals surface area (Å²) in [5.41, 5.74) is 1.88. The standard InChI is InChI=1S/C13H20F2/c1-4-9(2)13(11-5-6-11)10(3)12(15)7-8-14/h7,9,11H,4-6,8H2,1-3H3. The lowest BCUT2D eigenvalue weighted by Gasteiger charge is -2.17. The van der Waals surface area contributed by atoms with E-state index in [2.05, 4.69) is 13.8 Å². The molecule has 0 aromatic heterocycles. The number of hydrogen-bond donors (Lipinski definition) is 0. The van der Waals surface area contributed by atoms with Gasteiger partial charge >= 0.3 is 0 Å². The van der Waals surface area contributed by atoms with Crippen LogP contribution in [-0.4, -0.2) is 6.67 Å². The Hall–Kier alpha value is -0.660. The number of hydrogen-bond acceptors (Lipinski definition) is 0. The van der Waals surface area contributed by atoms with Crippen LogP contribution in [0.4, 0.5) is 8.78 Å². The molecular weight excluding hydrogens is 194 g/mol. The van der Waals surface area contributed by atoms with Gasteiger partial charge in [0, 0.05) is 0 Å². The Bertz CT molecular complexity index is 272. The smallest absolute Gasteiger partial charge is 0.124 e. The normalized spacial score (nSPS) is 21.3. The van der Waals surface area contributed by atoms with E-state index in [1.54, 1.807) is 6.92 Å². The van der Waals surface area contributed by atoms with Gasteiger partial charge in [-0.25, -0.2) is 8.78 Å².